The fourth-order valence-corrected chi connectivity index (χ4v) is 4.62. The number of carbonyl (C=O) groups excluding carboxylic acids is 1. The van der Waals surface area contributed by atoms with Gasteiger partial charge in [-0.15, -0.1) is 6.58 Å². The highest BCUT2D eigenvalue weighted by atomic mass is 35.5. The Bertz CT molecular complexity index is 1400. The number of halogens is 1. The minimum absolute atomic E-state index is 0.118. The lowest BCUT2D eigenvalue weighted by Gasteiger charge is -2.12. The summed E-state index contributed by atoms with van der Waals surface area (Å²) in [5, 5.41) is 10.4. The molecule has 0 saturated carbocycles. The smallest absolute Gasteiger partial charge is 0.335 e. The number of hydrogen-bond donors (Lipinski definition) is 1. The van der Waals surface area contributed by atoms with Gasteiger partial charge in [-0.1, -0.05) is 41.9 Å². The Morgan fingerprint density at radius 2 is 1.92 bits per heavy atom. The number of aliphatic imine (C=N–C) groups is 1. The SMILES string of the molecule is C=CCN1C(=O)/C(=C/c2ccc(OCc3ccc(Cl)cc3)c(OC)c2)SC1=Nc1cccc(C(=O)O)c1. The van der Waals surface area contributed by atoms with E-state index in [9.17, 15) is 14.7 Å². The number of ether oxygens (including phenoxy) is 2. The summed E-state index contributed by atoms with van der Waals surface area (Å²) in [5.74, 6) is -0.171. The molecule has 7 nitrogen and oxygen atoms in total. The lowest BCUT2D eigenvalue weighted by atomic mass is 10.1. The van der Waals surface area contributed by atoms with E-state index < -0.39 is 5.97 Å². The maximum absolute atomic E-state index is 13.1. The van der Waals surface area contributed by atoms with Crippen molar-refractivity contribution >= 4 is 52.2 Å². The van der Waals surface area contributed by atoms with Gasteiger partial charge in [0.1, 0.15) is 6.61 Å². The Labute approximate surface area is 223 Å². The van der Waals surface area contributed by atoms with Gasteiger partial charge in [0, 0.05) is 11.6 Å². The zero-order valence-corrected chi connectivity index (χ0v) is 21.5. The first-order chi connectivity index (χ1) is 17.9. The van der Waals surface area contributed by atoms with Crippen LogP contribution in [0.15, 0.2) is 89.3 Å². The van der Waals surface area contributed by atoms with E-state index in [2.05, 4.69) is 11.6 Å². The van der Waals surface area contributed by atoms with Crippen molar-refractivity contribution in [2.24, 2.45) is 4.99 Å². The standard InChI is InChI=1S/C28H23ClN2O5S/c1-3-13-31-26(32)25(37-28(31)30-22-6-4-5-20(16-22)27(33)34)15-19-9-12-23(24(14-19)35-2)36-17-18-7-10-21(29)11-8-18/h3-12,14-16H,1,13,17H2,2H3,(H,33,34)/b25-15-,30-28?. The van der Waals surface area contributed by atoms with Gasteiger partial charge >= 0.3 is 5.97 Å². The molecule has 1 heterocycles. The molecule has 3 aromatic rings. The number of carbonyl (C=O) groups is 2. The van der Waals surface area contributed by atoms with E-state index in [1.54, 1.807) is 55.7 Å². The molecule has 1 aliphatic rings. The summed E-state index contributed by atoms with van der Waals surface area (Å²) in [5.41, 5.74) is 2.27. The number of aromatic carboxylic acids is 1. The molecule has 0 atom stereocenters. The van der Waals surface area contributed by atoms with E-state index in [0.29, 0.717) is 38.9 Å². The van der Waals surface area contributed by atoms with Gasteiger partial charge in [0.15, 0.2) is 16.7 Å². The number of amides is 1. The van der Waals surface area contributed by atoms with E-state index in [4.69, 9.17) is 21.1 Å². The molecule has 0 aliphatic carbocycles. The summed E-state index contributed by atoms with van der Waals surface area (Å²) in [7, 11) is 1.55. The van der Waals surface area contributed by atoms with Gasteiger partial charge in [-0.2, -0.15) is 0 Å². The average molecular weight is 535 g/mol. The lowest BCUT2D eigenvalue weighted by Crippen LogP contribution is -2.29. The van der Waals surface area contributed by atoms with Crippen LogP contribution in [0, 0.1) is 0 Å². The number of thioether (sulfide) groups is 1. The molecule has 1 fully saturated rings. The molecule has 0 unspecified atom stereocenters. The van der Waals surface area contributed by atoms with Crippen LogP contribution >= 0.6 is 23.4 Å². The molecule has 188 valence electrons. The van der Waals surface area contributed by atoms with Crippen molar-refractivity contribution in [3.05, 3.63) is 106 Å². The molecule has 3 aromatic carbocycles. The second-order valence-corrected chi connectivity index (χ2v) is 9.34. The van der Waals surface area contributed by atoms with Gasteiger partial charge < -0.3 is 14.6 Å². The first-order valence-electron chi connectivity index (χ1n) is 11.2. The number of carboxylic acids is 1. The van der Waals surface area contributed by atoms with Crippen LogP contribution in [0.4, 0.5) is 5.69 Å². The lowest BCUT2D eigenvalue weighted by molar-refractivity contribution is -0.121. The molecule has 0 aromatic heterocycles. The van der Waals surface area contributed by atoms with Crippen LogP contribution in [0.5, 0.6) is 11.5 Å². The summed E-state index contributed by atoms with van der Waals surface area (Å²) in [4.78, 5) is 30.9. The average Bonchev–Trinajstić information content (AvgIpc) is 3.18. The first kappa shape index (κ1) is 26.1. The fraction of sp³-hybridized carbons (Fsp3) is 0.107. The Morgan fingerprint density at radius 3 is 2.62 bits per heavy atom. The zero-order valence-electron chi connectivity index (χ0n) is 19.9. The third-order valence-corrected chi connectivity index (χ3v) is 6.57. The molecule has 0 bridgehead atoms. The first-order valence-corrected chi connectivity index (χ1v) is 12.4. The highest BCUT2D eigenvalue weighted by molar-refractivity contribution is 8.18. The topological polar surface area (TPSA) is 88.4 Å². The van der Waals surface area contributed by atoms with Crippen LogP contribution in [0.3, 0.4) is 0 Å². The van der Waals surface area contributed by atoms with Crippen molar-refractivity contribution in [2.75, 3.05) is 13.7 Å². The molecular formula is C28H23ClN2O5S. The highest BCUT2D eigenvalue weighted by Crippen LogP contribution is 2.36. The third kappa shape index (κ3) is 6.41. The number of benzene rings is 3. The van der Waals surface area contributed by atoms with Gasteiger partial charge in [0.2, 0.25) is 0 Å². The molecule has 1 amide bonds. The minimum Gasteiger partial charge on any atom is -0.493 e. The van der Waals surface area contributed by atoms with E-state index >= 15 is 0 Å². The summed E-state index contributed by atoms with van der Waals surface area (Å²) in [6.45, 7) is 4.34. The molecule has 1 saturated heterocycles. The van der Waals surface area contributed by atoms with Gasteiger partial charge in [0.05, 0.1) is 23.3 Å². The quantitative estimate of drug-likeness (QED) is 0.252. The number of rotatable bonds is 9. The van der Waals surface area contributed by atoms with E-state index in [1.165, 1.54) is 28.8 Å². The second-order valence-electron chi connectivity index (χ2n) is 7.89. The second kappa shape index (κ2) is 11.8. The zero-order chi connectivity index (χ0) is 26.4. The van der Waals surface area contributed by atoms with Crippen LogP contribution in [0.25, 0.3) is 6.08 Å². The van der Waals surface area contributed by atoms with Gasteiger partial charge in [-0.3, -0.25) is 9.69 Å². The molecule has 1 N–H and O–H groups in total. The predicted octanol–water partition coefficient (Wildman–Crippen LogP) is 6.42. The van der Waals surface area contributed by atoms with Crippen LogP contribution in [0.2, 0.25) is 5.02 Å². The van der Waals surface area contributed by atoms with Crippen LogP contribution < -0.4 is 9.47 Å². The maximum Gasteiger partial charge on any atom is 0.335 e. The molecule has 37 heavy (non-hydrogen) atoms. The molecule has 0 radical (unpaired) electrons. The van der Waals surface area contributed by atoms with E-state index in [-0.39, 0.29) is 18.0 Å². The highest BCUT2D eigenvalue weighted by Gasteiger charge is 2.32. The Kier molecular flexibility index (Phi) is 8.32. The number of nitrogens with zero attached hydrogens (tertiary/aromatic N) is 2. The largest absolute Gasteiger partial charge is 0.493 e. The molecule has 4 rings (SSSR count). The number of hydrogen-bond acceptors (Lipinski definition) is 6. The van der Waals surface area contributed by atoms with Crippen LogP contribution in [-0.4, -0.2) is 40.7 Å². The number of methoxy groups -OCH3 is 1. The summed E-state index contributed by atoms with van der Waals surface area (Å²) in [6.07, 6.45) is 3.37. The van der Waals surface area contributed by atoms with Gasteiger partial charge in [0.25, 0.3) is 5.91 Å². The number of amidine groups is 1. The van der Waals surface area contributed by atoms with E-state index in [0.717, 1.165) is 11.1 Å². The third-order valence-electron chi connectivity index (χ3n) is 5.31. The maximum atomic E-state index is 13.1. The molecule has 0 spiro atoms. The molecule has 1 aliphatic heterocycles. The van der Waals surface area contributed by atoms with Crippen molar-refractivity contribution < 1.29 is 24.2 Å². The van der Waals surface area contributed by atoms with Crippen molar-refractivity contribution in [2.45, 2.75) is 6.61 Å². The number of carboxylic acid groups (broad SMARTS) is 1. The summed E-state index contributed by atoms with van der Waals surface area (Å²) < 4.78 is 11.4. The molecule has 9 heteroatoms. The fourth-order valence-electron chi connectivity index (χ4n) is 3.49. The Morgan fingerprint density at radius 1 is 1.14 bits per heavy atom. The summed E-state index contributed by atoms with van der Waals surface area (Å²) >= 11 is 7.15. The summed E-state index contributed by atoms with van der Waals surface area (Å²) in [6, 6.07) is 19.1. The van der Waals surface area contributed by atoms with Crippen molar-refractivity contribution in [3.8, 4) is 11.5 Å². The van der Waals surface area contributed by atoms with E-state index in [1.807, 2.05) is 18.2 Å². The Balaban J connectivity index is 1.57. The molecular weight excluding hydrogens is 512 g/mol. The van der Waals surface area contributed by atoms with Crippen molar-refractivity contribution in [1.82, 2.24) is 4.90 Å². The predicted molar refractivity (Wildman–Crippen MR) is 147 cm³/mol. The van der Waals surface area contributed by atoms with Crippen molar-refractivity contribution in [3.63, 3.8) is 0 Å². The van der Waals surface area contributed by atoms with Gasteiger partial charge in [-0.05, 0) is 71.4 Å². The Hall–Kier alpha value is -4.01. The normalized spacial score (nSPS) is 15.3. The van der Waals surface area contributed by atoms with Crippen LogP contribution in [-0.2, 0) is 11.4 Å². The van der Waals surface area contributed by atoms with Gasteiger partial charge in [-0.25, -0.2) is 9.79 Å². The van der Waals surface area contributed by atoms with Crippen molar-refractivity contribution in [1.29, 1.82) is 0 Å². The van der Waals surface area contributed by atoms with Crippen LogP contribution in [0.1, 0.15) is 21.5 Å². The monoisotopic (exact) mass is 534 g/mol. The minimum atomic E-state index is -1.05.